The number of aliphatic hydroxyl groups is 2. The van der Waals surface area contributed by atoms with Gasteiger partial charge in [0.05, 0.1) is 26.8 Å². The molecule has 0 aromatic carbocycles. The lowest BCUT2D eigenvalue weighted by Crippen LogP contribution is -2.48. The quantitative estimate of drug-likeness (QED) is 0.125. The summed E-state index contributed by atoms with van der Waals surface area (Å²) in [5, 5.41) is 27.4. The van der Waals surface area contributed by atoms with Crippen LogP contribution in [0.3, 0.4) is 0 Å². The molecular weight excluding hydrogens is 394 g/mol. The minimum absolute atomic E-state index is 0.211. The topological polar surface area (TPSA) is 89.8 Å². The number of quaternary nitrogens is 1. The van der Waals surface area contributed by atoms with Crippen molar-refractivity contribution in [2.45, 2.75) is 96.8 Å². The smallest absolute Gasteiger partial charge is 0.251 e. The Labute approximate surface area is 191 Å². The van der Waals surface area contributed by atoms with Crippen LogP contribution >= 0.6 is 0 Å². The lowest BCUT2D eigenvalue weighted by molar-refractivity contribution is -0.910. The number of allylic oxidation sites excluding steroid dienone is 2. The summed E-state index contributed by atoms with van der Waals surface area (Å²) in [5.41, 5.74) is 0. The van der Waals surface area contributed by atoms with Crippen molar-refractivity contribution in [1.82, 2.24) is 0 Å². The number of nitrogens with zero attached hydrogens (tertiary/aromatic N) is 1. The first kappa shape index (κ1) is 32.1. The molecule has 0 rings (SSSR count). The Kier molecular flexibility index (Phi) is 26.0. The van der Waals surface area contributed by atoms with Crippen LogP contribution in [0.1, 0.15) is 96.8 Å². The summed E-state index contributed by atoms with van der Waals surface area (Å²) in [7, 11) is 3.18. The van der Waals surface area contributed by atoms with Crippen LogP contribution in [0.2, 0.25) is 0 Å². The van der Waals surface area contributed by atoms with Gasteiger partial charge in [0.15, 0.2) is 0 Å². The minimum Gasteiger partial charge on any atom is -0.553 e. The molecule has 2 N–H and O–H groups in total. The van der Waals surface area contributed by atoms with E-state index in [-0.39, 0.29) is 13.2 Å². The fraction of sp³-hybridized carbons (Fsp3) is 0.880. The number of carboxylic acid groups (broad SMARTS) is 1. The fourth-order valence-corrected chi connectivity index (χ4v) is 3.56. The molecule has 31 heavy (non-hydrogen) atoms. The van der Waals surface area contributed by atoms with Crippen LogP contribution in [-0.2, 0) is 4.74 Å². The number of methoxy groups -OCH3 is 1. The summed E-state index contributed by atoms with van der Waals surface area (Å²) >= 11 is 0. The highest BCUT2D eigenvalue weighted by atomic mass is 16.6. The number of rotatable bonds is 20. The van der Waals surface area contributed by atoms with Gasteiger partial charge in [-0.2, -0.15) is 0 Å². The van der Waals surface area contributed by atoms with E-state index in [2.05, 4.69) is 30.9 Å². The molecular formula is C25H51NO5. The van der Waals surface area contributed by atoms with E-state index in [9.17, 15) is 0 Å². The van der Waals surface area contributed by atoms with E-state index in [1.807, 2.05) is 0 Å². The standard InChI is InChI=1S/C23H48NO2.C2H4O3/c1-3-4-5-6-7-8-9-10-11-12-13-14-15-16-17-18-19-24(2,20-22-25)21-23-26;1-5-2(3)4/h10-11,25-26H,3-9,12-23H2,1-2H3;1H3,(H,3,4)/q+1;/p-1/b11-10-;. The monoisotopic (exact) mass is 445 g/mol. The van der Waals surface area contributed by atoms with Gasteiger partial charge in [-0.25, -0.2) is 0 Å². The Morgan fingerprint density at radius 3 is 1.55 bits per heavy atom. The van der Waals surface area contributed by atoms with Gasteiger partial charge < -0.3 is 29.3 Å². The van der Waals surface area contributed by atoms with Crippen LogP contribution in [0.15, 0.2) is 12.2 Å². The molecule has 0 aliphatic rings. The first-order valence-corrected chi connectivity index (χ1v) is 12.4. The Morgan fingerprint density at radius 1 is 0.774 bits per heavy atom. The normalized spacial score (nSPS) is 11.4. The zero-order valence-corrected chi connectivity index (χ0v) is 20.7. The van der Waals surface area contributed by atoms with Crippen LogP contribution in [0.5, 0.6) is 0 Å². The summed E-state index contributed by atoms with van der Waals surface area (Å²) in [5.74, 6) is 0. The van der Waals surface area contributed by atoms with Crippen molar-refractivity contribution in [2.75, 3.05) is 47.0 Å². The molecule has 0 fully saturated rings. The second-order valence-electron chi connectivity index (χ2n) is 8.63. The van der Waals surface area contributed by atoms with E-state index >= 15 is 0 Å². The molecule has 0 spiro atoms. The molecule has 0 heterocycles. The van der Waals surface area contributed by atoms with E-state index in [0.29, 0.717) is 0 Å². The minimum atomic E-state index is -1.50. The van der Waals surface area contributed by atoms with Crippen molar-refractivity contribution < 1.29 is 29.3 Å². The van der Waals surface area contributed by atoms with Crippen LogP contribution in [0.25, 0.3) is 0 Å². The largest absolute Gasteiger partial charge is 0.553 e. The van der Waals surface area contributed by atoms with Gasteiger partial charge in [-0.3, -0.25) is 0 Å². The second-order valence-corrected chi connectivity index (χ2v) is 8.63. The maximum absolute atomic E-state index is 9.16. The number of unbranched alkanes of at least 4 members (excludes halogenated alkanes) is 12. The van der Waals surface area contributed by atoms with Crippen molar-refractivity contribution in [3.63, 3.8) is 0 Å². The Bertz CT molecular complexity index is 395. The number of carbonyl (C=O) groups is 1. The maximum Gasteiger partial charge on any atom is 0.251 e. The van der Waals surface area contributed by atoms with E-state index in [4.69, 9.17) is 20.1 Å². The van der Waals surface area contributed by atoms with Crippen LogP contribution < -0.4 is 5.11 Å². The average molecular weight is 446 g/mol. The molecule has 0 saturated heterocycles. The lowest BCUT2D eigenvalue weighted by Gasteiger charge is -2.33. The molecule has 0 bridgehead atoms. The van der Waals surface area contributed by atoms with Crippen LogP contribution in [-0.4, -0.2) is 67.9 Å². The molecule has 6 heteroatoms. The molecule has 0 aliphatic heterocycles. The fourth-order valence-electron chi connectivity index (χ4n) is 3.56. The third kappa shape index (κ3) is 26.9. The molecule has 0 unspecified atom stereocenters. The number of hydrogen-bond donors (Lipinski definition) is 2. The highest BCUT2D eigenvalue weighted by Crippen LogP contribution is 2.11. The number of aliphatic hydroxyl groups excluding tert-OH is 2. The van der Waals surface area contributed by atoms with Crippen molar-refractivity contribution in [1.29, 1.82) is 0 Å². The maximum atomic E-state index is 9.16. The summed E-state index contributed by atoms with van der Waals surface area (Å²) in [4.78, 5) is 9.03. The van der Waals surface area contributed by atoms with Gasteiger partial charge >= 0.3 is 0 Å². The molecule has 0 radical (unpaired) electrons. The first-order chi connectivity index (χ1) is 15.0. The number of carbonyl (C=O) groups excluding carboxylic acids is 1. The zero-order chi connectivity index (χ0) is 23.6. The van der Waals surface area contributed by atoms with Crippen molar-refractivity contribution in [3.8, 4) is 0 Å². The van der Waals surface area contributed by atoms with Crippen LogP contribution in [0.4, 0.5) is 4.79 Å². The molecule has 0 aromatic rings. The molecule has 0 amide bonds. The SMILES string of the molecule is CCCCCCCC/C=C\CCCCCCCC[N+](C)(CCO)CCO.COC(=O)[O-]. The summed E-state index contributed by atoms with van der Waals surface area (Å²) < 4.78 is 4.36. The van der Waals surface area contributed by atoms with Gasteiger partial charge in [0.25, 0.3) is 6.16 Å². The predicted octanol–water partition coefficient (Wildman–Crippen LogP) is 4.43. The third-order valence-corrected chi connectivity index (χ3v) is 5.66. The van der Waals surface area contributed by atoms with E-state index in [0.717, 1.165) is 31.2 Å². The van der Waals surface area contributed by atoms with Gasteiger partial charge in [-0.1, -0.05) is 70.4 Å². The molecule has 0 saturated carbocycles. The van der Waals surface area contributed by atoms with Crippen molar-refractivity contribution in [2.24, 2.45) is 0 Å². The highest BCUT2D eigenvalue weighted by molar-refractivity contribution is 5.53. The number of hydrogen-bond acceptors (Lipinski definition) is 5. The van der Waals surface area contributed by atoms with Gasteiger partial charge in [0.1, 0.15) is 13.1 Å². The van der Waals surface area contributed by atoms with E-state index in [1.54, 1.807) is 0 Å². The zero-order valence-electron chi connectivity index (χ0n) is 20.7. The predicted molar refractivity (Wildman–Crippen MR) is 127 cm³/mol. The lowest BCUT2D eigenvalue weighted by atomic mass is 10.1. The Morgan fingerprint density at radius 2 is 1.16 bits per heavy atom. The molecule has 0 aromatic heterocycles. The van der Waals surface area contributed by atoms with Gasteiger partial charge in [-0.05, 0) is 38.5 Å². The van der Waals surface area contributed by atoms with E-state index in [1.165, 1.54) is 89.9 Å². The molecule has 0 aliphatic carbocycles. The van der Waals surface area contributed by atoms with Gasteiger partial charge in [-0.15, -0.1) is 0 Å². The van der Waals surface area contributed by atoms with Gasteiger partial charge in [0.2, 0.25) is 0 Å². The van der Waals surface area contributed by atoms with Gasteiger partial charge in [0, 0.05) is 7.11 Å². The van der Waals surface area contributed by atoms with Crippen LogP contribution in [0, 0.1) is 0 Å². The van der Waals surface area contributed by atoms with E-state index < -0.39 is 6.16 Å². The Balaban J connectivity index is 0. The summed E-state index contributed by atoms with van der Waals surface area (Å²) in [6.07, 6.45) is 22.0. The second kappa shape index (κ2) is 25.2. The highest BCUT2D eigenvalue weighted by Gasteiger charge is 2.19. The number of ether oxygens (including phenoxy) is 1. The molecule has 186 valence electrons. The number of likely N-dealkylation sites (N-methyl/N-ethyl adjacent to an activating group) is 1. The Hall–Kier alpha value is -1.11. The summed E-state index contributed by atoms with van der Waals surface area (Å²) in [6.45, 7) is 5.28. The first-order valence-electron chi connectivity index (χ1n) is 12.4. The average Bonchev–Trinajstić information content (AvgIpc) is 2.74. The third-order valence-electron chi connectivity index (χ3n) is 5.66. The molecule has 6 nitrogen and oxygen atoms in total. The van der Waals surface area contributed by atoms with Crippen molar-refractivity contribution >= 4 is 6.16 Å². The molecule has 0 atom stereocenters. The van der Waals surface area contributed by atoms with Crippen molar-refractivity contribution in [3.05, 3.63) is 12.2 Å². The summed E-state index contributed by atoms with van der Waals surface area (Å²) in [6, 6.07) is 0.